The molecule has 0 heterocycles. The Bertz CT molecular complexity index is 1420. The van der Waals surface area contributed by atoms with Crippen LogP contribution < -0.4 is 4.74 Å². The molecule has 6 atom stereocenters. The maximum absolute atomic E-state index is 13.1. The molecule has 0 aliphatic heterocycles. The van der Waals surface area contributed by atoms with Crippen LogP contribution in [0, 0.1) is 24.2 Å². The zero-order valence-corrected chi connectivity index (χ0v) is 23.6. The molecule has 0 amide bonds. The van der Waals surface area contributed by atoms with Crippen molar-refractivity contribution in [3.63, 3.8) is 0 Å². The molecule has 0 saturated heterocycles. The van der Waals surface area contributed by atoms with E-state index in [1.165, 1.54) is 11.1 Å². The van der Waals surface area contributed by atoms with E-state index in [-0.39, 0.29) is 16.2 Å². The Hall–Kier alpha value is -2.67. The maximum Gasteiger partial charge on any atom is 0.297 e. The lowest BCUT2D eigenvalue weighted by atomic mass is 9.49. The van der Waals surface area contributed by atoms with Gasteiger partial charge in [0.05, 0.1) is 17.1 Å². The summed E-state index contributed by atoms with van der Waals surface area (Å²) >= 11 is 0. The third-order valence-electron chi connectivity index (χ3n) is 9.72. The molecule has 5 nitrogen and oxygen atoms in total. The predicted octanol–water partition coefficient (Wildman–Crippen LogP) is 6.57. The fraction of sp³-hybridized carbons (Fsp3) is 0.455. The zero-order chi connectivity index (χ0) is 27.2. The lowest BCUT2D eigenvalue weighted by molar-refractivity contribution is -0.125. The highest BCUT2D eigenvalue weighted by Crippen LogP contribution is 2.60. The number of aliphatic hydroxyl groups excluding tert-OH is 1. The quantitative estimate of drug-likeness (QED) is 0.354. The minimum atomic E-state index is -3.89. The van der Waals surface area contributed by atoms with Gasteiger partial charge in [-0.05, 0) is 103 Å². The van der Waals surface area contributed by atoms with Crippen molar-refractivity contribution in [1.29, 1.82) is 0 Å². The van der Waals surface area contributed by atoms with E-state index in [1.54, 1.807) is 24.3 Å². The first-order valence-electron chi connectivity index (χ1n) is 14.2. The van der Waals surface area contributed by atoms with Crippen LogP contribution >= 0.6 is 0 Å². The number of benzene rings is 3. The number of rotatable bonds is 6. The number of hydrogen-bond acceptors (Lipinski definition) is 5. The van der Waals surface area contributed by atoms with Crippen LogP contribution in [-0.4, -0.2) is 25.7 Å². The normalized spacial score (nSPS) is 30.1. The molecule has 0 unspecified atom stereocenters. The second-order valence-corrected chi connectivity index (χ2v) is 13.6. The van der Waals surface area contributed by atoms with Crippen molar-refractivity contribution in [2.45, 2.75) is 82.0 Å². The second-order valence-electron chi connectivity index (χ2n) is 12.1. The standard InChI is InChI=1S/C33H38O5S/c1-22-8-12-27(13-9-22)39(35,36)38-26-19-31-30-14-10-24-18-25(37-21-23-6-4-3-5-7-23)11-15-28(24)29(30)16-17-33(31,2)32(34)20-26/h3-9,11-13,15,18,26,29-32,34H,10,14,16-17,19-21H2,1-2H3/t26-,29+,30+,31-,32-,33-/m0/s1. The summed E-state index contributed by atoms with van der Waals surface area (Å²) in [6, 6.07) is 23.5. The summed E-state index contributed by atoms with van der Waals surface area (Å²) in [5, 5.41) is 11.3. The largest absolute Gasteiger partial charge is 0.489 e. The van der Waals surface area contributed by atoms with Gasteiger partial charge in [-0.1, -0.05) is 61.0 Å². The number of hydrogen-bond donors (Lipinski definition) is 1. The average Bonchev–Trinajstić information content (AvgIpc) is 2.93. The van der Waals surface area contributed by atoms with E-state index >= 15 is 0 Å². The fourth-order valence-electron chi connectivity index (χ4n) is 7.51. The SMILES string of the molecule is Cc1ccc(S(=O)(=O)O[C@@H]2C[C@H](O)[C@@]3(C)CC[C@@H]4c5ccc(OCc6ccccc6)cc5CC[C@H]4[C@@H]3C2)cc1. The third-order valence-corrected chi connectivity index (χ3v) is 11.1. The summed E-state index contributed by atoms with van der Waals surface area (Å²) in [6.45, 7) is 4.69. The maximum atomic E-state index is 13.1. The predicted molar refractivity (Wildman–Crippen MR) is 151 cm³/mol. The molecule has 1 N–H and O–H groups in total. The Labute approximate surface area is 232 Å². The van der Waals surface area contributed by atoms with Crippen molar-refractivity contribution in [1.82, 2.24) is 0 Å². The molecule has 0 radical (unpaired) electrons. The summed E-state index contributed by atoms with van der Waals surface area (Å²) in [4.78, 5) is 0.175. The van der Waals surface area contributed by atoms with E-state index in [0.717, 1.165) is 42.6 Å². The molecule has 3 aliphatic carbocycles. The van der Waals surface area contributed by atoms with Gasteiger partial charge in [-0.2, -0.15) is 8.42 Å². The molecule has 0 spiro atoms. The van der Waals surface area contributed by atoms with E-state index in [4.69, 9.17) is 8.92 Å². The molecule has 0 aromatic heterocycles. The van der Waals surface area contributed by atoms with Crippen LogP contribution in [0.2, 0.25) is 0 Å². The molecule has 6 rings (SSSR count). The Morgan fingerprint density at radius 3 is 2.51 bits per heavy atom. The summed E-state index contributed by atoms with van der Waals surface area (Å²) in [5.41, 5.74) is 4.68. The van der Waals surface area contributed by atoms with Crippen LogP contribution in [-0.2, 0) is 27.3 Å². The highest BCUT2D eigenvalue weighted by molar-refractivity contribution is 7.86. The van der Waals surface area contributed by atoms with Gasteiger partial charge in [0.1, 0.15) is 12.4 Å². The molecule has 0 bridgehead atoms. The van der Waals surface area contributed by atoms with Crippen LogP contribution in [0.3, 0.4) is 0 Å². The molecule has 206 valence electrons. The molecule has 2 saturated carbocycles. The van der Waals surface area contributed by atoms with Gasteiger partial charge in [0.2, 0.25) is 0 Å². The molecule has 6 heteroatoms. The molecule has 3 aromatic carbocycles. The summed E-state index contributed by atoms with van der Waals surface area (Å²) in [5.74, 6) is 1.92. The van der Waals surface area contributed by atoms with Crippen molar-refractivity contribution >= 4 is 10.1 Å². The molecule has 2 fully saturated rings. The lowest BCUT2D eigenvalue weighted by Crippen LogP contribution is -2.54. The summed E-state index contributed by atoms with van der Waals surface area (Å²) in [6.07, 6.45) is 3.90. The topological polar surface area (TPSA) is 72.8 Å². The Morgan fingerprint density at radius 1 is 0.974 bits per heavy atom. The number of aryl methyl sites for hydroxylation is 2. The minimum Gasteiger partial charge on any atom is -0.489 e. The monoisotopic (exact) mass is 546 g/mol. The van der Waals surface area contributed by atoms with E-state index in [2.05, 4.69) is 37.3 Å². The van der Waals surface area contributed by atoms with E-state index in [0.29, 0.717) is 31.3 Å². The minimum absolute atomic E-state index is 0.175. The van der Waals surface area contributed by atoms with Crippen LogP contribution in [0.5, 0.6) is 5.75 Å². The van der Waals surface area contributed by atoms with Crippen LogP contribution in [0.25, 0.3) is 0 Å². The molecular formula is C33H38O5S. The van der Waals surface area contributed by atoms with Gasteiger partial charge < -0.3 is 9.84 Å². The first-order chi connectivity index (χ1) is 18.7. The number of ether oxygens (including phenoxy) is 1. The smallest absolute Gasteiger partial charge is 0.297 e. The Balaban J connectivity index is 1.19. The van der Waals surface area contributed by atoms with Gasteiger partial charge in [0.15, 0.2) is 0 Å². The van der Waals surface area contributed by atoms with Crippen molar-refractivity contribution in [3.05, 3.63) is 95.1 Å². The van der Waals surface area contributed by atoms with Crippen molar-refractivity contribution in [2.24, 2.45) is 17.3 Å². The van der Waals surface area contributed by atoms with Crippen LogP contribution in [0.15, 0.2) is 77.7 Å². The Kier molecular flexibility index (Phi) is 7.07. The average molecular weight is 547 g/mol. The van der Waals surface area contributed by atoms with Gasteiger partial charge in [0.25, 0.3) is 10.1 Å². The Morgan fingerprint density at radius 2 is 1.74 bits per heavy atom. The van der Waals surface area contributed by atoms with Crippen LogP contribution in [0.4, 0.5) is 0 Å². The summed E-state index contributed by atoms with van der Waals surface area (Å²) in [7, 11) is -3.89. The van der Waals surface area contributed by atoms with E-state index < -0.39 is 22.3 Å². The van der Waals surface area contributed by atoms with Crippen molar-refractivity contribution in [2.75, 3.05) is 0 Å². The van der Waals surface area contributed by atoms with E-state index in [1.807, 2.05) is 25.1 Å². The van der Waals surface area contributed by atoms with Gasteiger partial charge in [-0.25, -0.2) is 0 Å². The molecule has 3 aliphatic rings. The summed E-state index contributed by atoms with van der Waals surface area (Å²) < 4.78 is 38.0. The highest BCUT2D eigenvalue weighted by Gasteiger charge is 2.55. The second kappa shape index (κ2) is 10.4. The zero-order valence-electron chi connectivity index (χ0n) is 22.8. The lowest BCUT2D eigenvalue weighted by Gasteiger charge is -2.57. The highest BCUT2D eigenvalue weighted by atomic mass is 32.2. The van der Waals surface area contributed by atoms with Gasteiger partial charge in [0, 0.05) is 6.42 Å². The van der Waals surface area contributed by atoms with Gasteiger partial charge >= 0.3 is 0 Å². The molecule has 39 heavy (non-hydrogen) atoms. The number of aliphatic hydroxyl groups is 1. The number of fused-ring (bicyclic) bond motifs is 5. The van der Waals surface area contributed by atoms with Crippen molar-refractivity contribution in [3.8, 4) is 5.75 Å². The first-order valence-corrected chi connectivity index (χ1v) is 15.6. The third kappa shape index (κ3) is 5.15. The van der Waals surface area contributed by atoms with Crippen LogP contribution in [0.1, 0.15) is 67.2 Å². The van der Waals surface area contributed by atoms with Crippen molar-refractivity contribution < 1.29 is 22.4 Å². The molecule has 3 aromatic rings. The first kappa shape index (κ1) is 26.5. The van der Waals surface area contributed by atoms with Gasteiger partial charge in [-0.3, -0.25) is 4.18 Å². The van der Waals surface area contributed by atoms with E-state index in [9.17, 15) is 13.5 Å². The fourth-order valence-corrected chi connectivity index (χ4v) is 8.61. The van der Waals surface area contributed by atoms with Gasteiger partial charge in [-0.15, -0.1) is 0 Å². The molecular weight excluding hydrogens is 508 g/mol.